The van der Waals surface area contributed by atoms with E-state index in [2.05, 4.69) is 15.5 Å². The van der Waals surface area contributed by atoms with Crippen LogP contribution in [0.1, 0.15) is 20.9 Å². The van der Waals surface area contributed by atoms with E-state index in [0.717, 1.165) is 11.4 Å². The molecule has 9 heteroatoms. The molecule has 7 nitrogen and oxygen atoms in total. The van der Waals surface area contributed by atoms with Crippen LogP contribution in [0.15, 0.2) is 71.3 Å². The largest absolute Gasteiger partial charge is 0.459 e. The van der Waals surface area contributed by atoms with Crippen LogP contribution >= 0.6 is 23.8 Å². The fraction of sp³-hybridized carbons (Fsp3) is 0.174. The van der Waals surface area contributed by atoms with Crippen LogP contribution in [0.4, 0.5) is 11.4 Å². The molecule has 0 spiro atoms. The van der Waals surface area contributed by atoms with E-state index in [0.29, 0.717) is 36.8 Å². The molecule has 0 aliphatic carbocycles. The number of thiocarbonyl (C=S) groups is 1. The predicted octanol–water partition coefficient (Wildman–Crippen LogP) is 4.02. The number of amides is 2. The number of benzene rings is 2. The first-order chi connectivity index (χ1) is 15.5. The molecule has 1 fully saturated rings. The van der Waals surface area contributed by atoms with Gasteiger partial charge in [-0.1, -0.05) is 23.7 Å². The minimum atomic E-state index is -0.417. The molecule has 0 atom stereocenters. The summed E-state index contributed by atoms with van der Waals surface area (Å²) in [6.45, 7) is 2.53. The number of para-hydroxylation sites is 2. The highest BCUT2D eigenvalue weighted by Crippen LogP contribution is 2.27. The third-order valence-electron chi connectivity index (χ3n) is 5.12. The van der Waals surface area contributed by atoms with Crippen LogP contribution in [0.25, 0.3) is 0 Å². The van der Waals surface area contributed by atoms with Gasteiger partial charge in [-0.3, -0.25) is 14.9 Å². The van der Waals surface area contributed by atoms with Crippen molar-refractivity contribution in [2.75, 3.05) is 36.4 Å². The number of furan rings is 1. The molecule has 2 amide bonds. The molecule has 2 aromatic carbocycles. The van der Waals surface area contributed by atoms with E-state index < -0.39 is 5.91 Å². The fourth-order valence-electron chi connectivity index (χ4n) is 3.51. The van der Waals surface area contributed by atoms with E-state index in [1.54, 1.807) is 36.4 Å². The van der Waals surface area contributed by atoms with Crippen LogP contribution in [0.5, 0.6) is 0 Å². The summed E-state index contributed by atoms with van der Waals surface area (Å²) in [5.74, 6) is -0.238. The predicted molar refractivity (Wildman–Crippen MR) is 128 cm³/mol. The maximum atomic E-state index is 12.8. The number of hydrogen-bond acceptors (Lipinski definition) is 5. The number of rotatable bonds is 4. The Hall–Kier alpha value is -3.36. The Kier molecular flexibility index (Phi) is 6.72. The van der Waals surface area contributed by atoms with Crippen LogP contribution < -0.4 is 15.5 Å². The zero-order valence-electron chi connectivity index (χ0n) is 17.1. The maximum absolute atomic E-state index is 12.8. The van der Waals surface area contributed by atoms with E-state index in [9.17, 15) is 9.59 Å². The van der Waals surface area contributed by atoms with Gasteiger partial charge in [0.05, 0.1) is 17.6 Å². The van der Waals surface area contributed by atoms with Gasteiger partial charge in [-0.2, -0.15) is 0 Å². The van der Waals surface area contributed by atoms with Gasteiger partial charge in [0, 0.05) is 36.8 Å². The second kappa shape index (κ2) is 9.84. The van der Waals surface area contributed by atoms with Gasteiger partial charge in [0.2, 0.25) is 0 Å². The zero-order valence-corrected chi connectivity index (χ0v) is 18.7. The molecule has 0 saturated carbocycles. The highest BCUT2D eigenvalue weighted by atomic mass is 35.5. The summed E-state index contributed by atoms with van der Waals surface area (Å²) in [4.78, 5) is 28.9. The molecule has 1 aromatic heterocycles. The molecule has 0 radical (unpaired) electrons. The maximum Gasteiger partial charge on any atom is 0.293 e. The van der Waals surface area contributed by atoms with Gasteiger partial charge in [0.25, 0.3) is 11.8 Å². The lowest BCUT2D eigenvalue weighted by Crippen LogP contribution is -2.49. The van der Waals surface area contributed by atoms with E-state index in [1.165, 1.54) is 6.26 Å². The number of hydrogen-bond donors (Lipinski definition) is 2. The number of anilines is 2. The van der Waals surface area contributed by atoms with Crippen LogP contribution in [-0.4, -0.2) is 48.0 Å². The minimum Gasteiger partial charge on any atom is -0.459 e. The first-order valence-electron chi connectivity index (χ1n) is 10.1. The second-order valence-electron chi connectivity index (χ2n) is 7.19. The summed E-state index contributed by atoms with van der Waals surface area (Å²) >= 11 is 11.2. The lowest BCUT2D eigenvalue weighted by molar-refractivity contribution is 0.0746. The summed E-state index contributed by atoms with van der Waals surface area (Å²) in [6, 6.07) is 17.8. The third kappa shape index (κ3) is 5.09. The van der Waals surface area contributed by atoms with E-state index in [-0.39, 0.29) is 16.8 Å². The Morgan fingerprint density at radius 3 is 2.34 bits per heavy atom. The first kappa shape index (κ1) is 21.9. The smallest absolute Gasteiger partial charge is 0.293 e. The van der Waals surface area contributed by atoms with Crippen molar-refractivity contribution in [3.8, 4) is 0 Å². The van der Waals surface area contributed by atoms with Crippen molar-refractivity contribution in [1.29, 1.82) is 0 Å². The average Bonchev–Trinajstić information content (AvgIpc) is 3.35. The van der Waals surface area contributed by atoms with Gasteiger partial charge in [0.1, 0.15) is 0 Å². The van der Waals surface area contributed by atoms with Crippen LogP contribution in [0.3, 0.4) is 0 Å². The summed E-state index contributed by atoms with van der Waals surface area (Å²) < 4.78 is 5.09. The molecule has 1 aliphatic rings. The molecule has 32 heavy (non-hydrogen) atoms. The quantitative estimate of drug-likeness (QED) is 0.563. The molecule has 3 aromatic rings. The summed E-state index contributed by atoms with van der Waals surface area (Å²) in [7, 11) is 0. The molecular weight excluding hydrogens is 448 g/mol. The Morgan fingerprint density at radius 2 is 1.66 bits per heavy atom. The molecule has 1 saturated heterocycles. The molecule has 2 heterocycles. The third-order valence-corrected chi connectivity index (χ3v) is 5.58. The van der Waals surface area contributed by atoms with Gasteiger partial charge >= 0.3 is 0 Å². The fourth-order valence-corrected chi connectivity index (χ4v) is 3.84. The van der Waals surface area contributed by atoms with E-state index in [4.69, 9.17) is 28.2 Å². The summed E-state index contributed by atoms with van der Waals surface area (Å²) in [5.41, 5.74) is 2.35. The van der Waals surface area contributed by atoms with E-state index in [1.807, 2.05) is 29.2 Å². The van der Waals surface area contributed by atoms with Gasteiger partial charge in [-0.05, 0) is 60.7 Å². The molecule has 164 valence electrons. The number of carbonyl (C=O) groups excluding carboxylic acids is 2. The van der Waals surface area contributed by atoms with Crippen molar-refractivity contribution in [3.63, 3.8) is 0 Å². The number of carbonyl (C=O) groups is 2. The lowest BCUT2D eigenvalue weighted by atomic mass is 10.1. The molecule has 1 aliphatic heterocycles. The van der Waals surface area contributed by atoms with Crippen LogP contribution in [0.2, 0.25) is 5.02 Å². The van der Waals surface area contributed by atoms with Gasteiger partial charge in [-0.25, -0.2) is 0 Å². The Labute approximate surface area is 195 Å². The van der Waals surface area contributed by atoms with Gasteiger partial charge in [0.15, 0.2) is 10.9 Å². The van der Waals surface area contributed by atoms with Crippen LogP contribution in [0, 0.1) is 0 Å². The normalized spacial score (nSPS) is 13.5. The zero-order chi connectivity index (χ0) is 22.5. The highest BCUT2D eigenvalue weighted by Gasteiger charge is 2.23. The molecule has 0 bridgehead atoms. The monoisotopic (exact) mass is 468 g/mol. The number of nitrogens with one attached hydrogen (secondary N) is 2. The van der Waals surface area contributed by atoms with E-state index >= 15 is 0 Å². The van der Waals surface area contributed by atoms with Crippen LogP contribution in [-0.2, 0) is 0 Å². The van der Waals surface area contributed by atoms with Crippen molar-refractivity contribution < 1.29 is 14.0 Å². The molecular formula is C23H21ClN4O3S. The molecule has 0 unspecified atom stereocenters. The number of halogens is 1. The SMILES string of the molecule is O=C(NC(=S)Nc1ccccc1N1CCN(C(=O)c2ccc(Cl)cc2)CC1)c1ccco1. The topological polar surface area (TPSA) is 77.8 Å². The molecule has 4 rings (SSSR count). The summed E-state index contributed by atoms with van der Waals surface area (Å²) in [6.07, 6.45) is 1.43. The minimum absolute atomic E-state index is 0.00505. The van der Waals surface area contributed by atoms with Crippen molar-refractivity contribution in [1.82, 2.24) is 10.2 Å². The van der Waals surface area contributed by atoms with Crippen molar-refractivity contribution >= 4 is 52.1 Å². The Morgan fingerprint density at radius 1 is 0.938 bits per heavy atom. The Bertz CT molecular complexity index is 1110. The second-order valence-corrected chi connectivity index (χ2v) is 8.03. The standard InChI is InChI=1S/C23H21ClN4O3S/c24-17-9-7-16(8-10-17)22(30)28-13-11-27(12-14-28)19-5-2-1-4-18(19)25-23(32)26-21(29)20-6-3-15-31-20/h1-10,15H,11-14H2,(H2,25,26,29,32). The summed E-state index contributed by atoms with van der Waals surface area (Å²) in [5, 5.41) is 6.48. The van der Waals surface area contributed by atoms with Crippen molar-refractivity contribution in [2.24, 2.45) is 0 Å². The van der Waals surface area contributed by atoms with Crippen molar-refractivity contribution in [3.05, 3.63) is 83.3 Å². The highest BCUT2D eigenvalue weighted by molar-refractivity contribution is 7.80. The first-order valence-corrected chi connectivity index (χ1v) is 10.8. The van der Waals surface area contributed by atoms with Gasteiger partial charge in [-0.15, -0.1) is 0 Å². The Balaban J connectivity index is 1.38. The lowest BCUT2D eigenvalue weighted by Gasteiger charge is -2.37. The average molecular weight is 469 g/mol. The number of nitrogens with zero attached hydrogens (tertiary/aromatic N) is 2. The van der Waals surface area contributed by atoms with Gasteiger partial charge < -0.3 is 19.5 Å². The van der Waals surface area contributed by atoms with Crippen molar-refractivity contribution in [2.45, 2.75) is 0 Å². The molecule has 2 N–H and O–H groups in total. The number of piperazine rings is 1.